The number of amides is 2. The number of benzodiazepines with no additional fused rings is 1. The standard InChI is InChI=1S/C21H24N4O2/c1-3-24(4-2)18(26)14-25-17-13-9-8-12-16(17)19(23-20(22)21(25)27)15-10-6-5-7-11-15/h5-13,20H,3-4,14,22H2,1-2H3/t20-/m1/s1. The van der Waals surface area contributed by atoms with Gasteiger partial charge in [0.05, 0.1) is 11.4 Å². The molecule has 3 rings (SSSR count). The van der Waals surface area contributed by atoms with Gasteiger partial charge in [-0.15, -0.1) is 0 Å². The fourth-order valence-corrected chi connectivity index (χ4v) is 3.25. The highest BCUT2D eigenvalue weighted by Crippen LogP contribution is 2.27. The van der Waals surface area contributed by atoms with E-state index >= 15 is 0 Å². The number of anilines is 1. The van der Waals surface area contributed by atoms with E-state index in [1.807, 2.05) is 68.4 Å². The van der Waals surface area contributed by atoms with Crippen LogP contribution < -0.4 is 10.6 Å². The van der Waals surface area contributed by atoms with E-state index < -0.39 is 6.17 Å². The summed E-state index contributed by atoms with van der Waals surface area (Å²) in [5.41, 5.74) is 9.07. The summed E-state index contributed by atoms with van der Waals surface area (Å²) in [4.78, 5) is 33.2. The minimum absolute atomic E-state index is 0.0528. The lowest BCUT2D eigenvalue weighted by molar-refractivity contribution is -0.131. The van der Waals surface area contributed by atoms with Gasteiger partial charge in [-0.2, -0.15) is 0 Å². The van der Waals surface area contributed by atoms with Crippen molar-refractivity contribution < 1.29 is 9.59 Å². The summed E-state index contributed by atoms with van der Waals surface area (Å²) in [5, 5.41) is 0. The molecule has 1 heterocycles. The van der Waals surface area contributed by atoms with Gasteiger partial charge >= 0.3 is 0 Å². The molecule has 2 aromatic rings. The number of hydrogen-bond acceptors (Lipinski definition) is 4. The Labute approximate surface area is 159 Å². The number of fused-ring (bicyclic) bond motifs is 1. The van der Waals surface area contributed by atoms with E-state index in [0.717, 1.165) is 11.1 Å². The first-order valence-electron chi connectivity index (χ1n) is 9.14. The quantitative estimate of drug-likeness (QED) is 0.882. The number of hydrogen-bond donors (Lipinski definition) is 1. The van der Waals surface area contributed by atoms with Gasteiger partial charge in [0.15, 0.2) is 6.17 Å². The summed E-state index contributed by atoms with van der Waals surface area (Å²) in [7, 11) is 0. The fraction of sp³-hybridized carbons (Fsp3) is 0.286. The first-order valence-corrected chi connectivity index (χ1v) is 9.14. The maximum Gasteiger partial charge on any atom is 0.266 e. The molecule has 2 N–H and O–H groups in total. The first-order chi connectivity index (χ1) is 13.1. The monoisotopic (exact) mass is 364 g/mol. The molecular weight excluding hydrogens is 340 g/mol. The van der Waals surface area contributed by atoms with Gasteiger partial charge in [-0.25, -0.2) is 0 Å². The van der Waals surface area contributed by atoms with E-state index in [9.17, 15) is 9.59 Å². The lowest BCUT2D eigenvalue weighted by atomic mass is 10.0. The molecular formula is C21H24N4O2. The lowest BCUT2D eigenvalue weighted by Gasteiger charge is -2.27. The van der Waals surface area contributed by atoms with E-state index in [0.29, 0.717) is 24.5 Å². The second kappa shape index (κ2) is 8.14. The molecule has 0 spiro atoms. The van der Waals surface area contributed by atoms with E-state index in [-0.39, 0.29) is 18.4 Å². The summed E-state index contributed by atoms with van der Waals surface area (Å²) in [6, 6.07) is 17.1. The number of carbonyl (C=O) groups is 2. The number of aliphatic imine (C=N–C) groups is 1. The van der Waals surface area contributed by atoms with Crippen LogP contribution >= 0.6 is 0 Å². The zero-order chi connectivity index (χ0) is 19.4. The highest BCUT2D eigenvalue weighted by molar-refractivity contribution is 6.20. The average molecular weight is 364 g/mol. The Hall–Kier alpha value is -2.99. The van der Waals surface area contributed by atoms with Crippen molar-refractivity contribution in [3.63, 3.8) is 0 Å². The molecule has 2 aromatic carbocycles. The van der Waals surface area contributed by atoms with Gasteiger partial charge in [-0.1, -0.05) is 48.5 Å². The molecule has 0 saturated heterocycles. The van der Waals surface area contributed by atoms with Crippen molar-refractivity contribution in [3.05, 3.63) is 65.7 Å². The maximum atomic E-state index is 12.9. The molecule has 0 aromatic heterocycles. The maximum absolute atomic E-state index is 12.9. The minimum atomic E-state index is -1.06. The highest BCUT2D eigenvalue weighted by Gasteiger charge is 2.31. The van der Waals surface area contributed by atoms with Crippen molar-refractivity contribution >= 4 is 23.2 Å². The smallest absolute Gasteiger partial charge is 0.266 e. The van der Waals surface area contributed by atoms with Crippen LogP contribution in [0.5, 0.6) is 0 Å². The van der Waals surface area contributed by atoms with Gasteiger partial charge in [0, 0.05) is 24.2 Å². The van der Waals surface area contributed by atoms with E-state index in [1.165, 1.54) is 4.90 Å². The van der Waals surface area contributed by atoms with Gasteiger partial charge in [-0.3, -0.25) is 19.5 Å². The van der Waals surface area contributed by atoms with E-state index in [2.05, 4.69) is 4.99 Å². The number of benzene rings is 2. The number of carbonyl (C=O) groups excluding carboxylic acids is 2. The van der Waals surface area contributed by atoms with Crippen molar-refractivity contribution in [2.75, 3.05) is 24.5 Å². The summed E-state index contributed by atoms with van der Waals surface area (Å²) in [6.45, 7) is 4.97. The molecule has 27 heavy (non-hydrogen) atoms. The van der Waals surface area contributed by atoms with Crippen LogP contribution in [0.15, 0.2) is 59.6 Å². The number of likely N-dealkylation sites (N-methyl/N-ethyl adjacent to an activating group) is 1. The Morgan fingerprint density at radius 1 is 1.07 bits per heavy atom. The largest absolute Gasteiger partial charge is 0.342 e. The average Bonchev–Trinajstić information content (AvgIpc) is 2.80. The van der Waals surface area contributed by atoms with Crippen LogP contribution in [0.4, 0.5) is 5.69 Å². The second-order valence-electron chi connectivity index (χ2n) is 6.30. The Morgan fingerprint density at radius 3 is 2.37 bits per heavy atom. The Morgan fingerprint density at radius 2 is 1.70 bits per heavy atom. The van der Waals surface area contributed by atoms with Crippen molar-refractivity contribution in [1.82, 2.24) is 4.90 Å². The number of para-hydroxylation sites is 1. The summed E-state index contributed by atoms with van der Waals surface area (Å²) in [6.07, 6.45) is -1.06. The van der Waals surface area contributed by atoms with Gasteiger partial charge in [0.25, 0.3) is 5.91 Å². The zero-order valence-corrected chi connectivity index (χ0v) is 15.6. The SMILES string of the molecule is CCN(CC)C(=O)CN1C(=O)[C@H](N)N=C(c2ccccc2)c2ccccc21. The van der Waals surface area contributed by atoms with Crippen molar-refractivity contribution in [2.45, 2.75) is 20.0 Å². The summed E-state index contributed by atoms with van der Waals surface area (Å²) in [5.74, 6) is -0.493. The Balaban J connectivity index is 2.07. The normalized spacial score (nSPS) is 16.4. The van der Waals surface area contributed by atoms with Crippen molar-refractivity contribution in [2.24, 2.45) is 10.7 Å². The molecule has 6 heteroatoms. The van der Waals surface area contributed by atoms with Crippen LogP contribution in [-0.4, -0.2) is 48.2 Å². The van der Waals surface area contributed by atoms with Crippen LogP contribution in [0.25, 0.3) is 0 Å². The number of rotatable bonds is 5. The second-order valence-corrected chi connectivity index (χ2v) is 6.30. The molecule has 0 aliphatic carbocycles. The van der Waals surface area contributed by atoms with Crippen LogP contribution in [-0.2, 0) is 9.59 Å². The van der Waals surface area contributed by atoms with Crippen LogP contribution in [0, 0.1) is 0 Å². The molecule has 2 amide bonds. The van der Waals surface area contributed by atoms with Crippen LogP contribution in [0.3, 0.4) is 0 Å². The molecule has 0 bridgehead atoms. The third kappa shape index (κ3) is 3.75. The van der Waals surface area contributed by atoms with E-state index in [4.69, 9.17) is 5.73 Å². The van der Waals surface area contributed by atoms with Crippen molar-refractivity contribution in [3.8, 4) is 0 Å². The van der Waals surface area contributed by atoms with Crippen LogP contribution in [0.1, 0.15) is 25.0 Å². The zero-order valence-electron chi connectivity index (χ0n) is 15.6. The molecule has 0 radical (unpaired) electrons. The number of nitrogens with zero attached hydrogens (tertiary/aromatic N) is 3. The lowest BCUT2D eigenvalue weighted by Crippen LogP contribution is -2.48. The Bertz CT molecular complexity index is 859. The van der Waals surface area contributed by atoms with Gasteiger partial charge < -0.3 is 10.6 Å². The first kappa shape index (κ1) is 18.8. The summed E-state index contributed by atoms with van der Waals surface area (Å²) < 4.78 is 0. The van der Waals surface area contributed by atoms with Crippen LogP contribution in [0.2, 0.25) is 0 Å². The predicted molar refractivity (Wildman–Crippen MR) is 107 cm³/mol. The van der Waals surface area contributed by atoms with Gasteiger partial charge in [-0.05, 0) is 19.9 Å². The molecule has 1 aliphatic heterocycles. The summed E-state index contributed by atoms with van der Waals surface area (Å²) >= 11 is 0. The highest BCUT2D eigenvalue weighted by atomic mass is 16.2. The topological polar surface area (TPSA) is 79.0 Å². The fourth-order valence-electron chi connectivity index (χ4n) is 3.25. The molecule has 1 atom stereocenters. The molecule has 1 aliphatic rings. The van der Waals surface area contributed by atoms with Gasteiger partial charge in [0.2, 0.25) is 5.91 Å². The predicted octanol–water partition coefficient (Wildman–Crippen LogP) is 2.02. The molecule has 6 nitrogen and oxygen atoms in total. The third-order valence-corrected chi connectivity index (χ3v) is 4.69. The van der Waals surface area contributed by atoms with E-state index in [1.54, 1.807) is 4.90 Å². The third-order valence-electron chi connectivity index (χ3n) is 4.69. The van der Waals surface area contributed by atoms with Crippen molar-refractivity contribution in [1.29, 1.82) is 0 Å². The molecule has 0 saturated carbocycles. The molecule has 0 unspecified atom stereocenters. The van der Waals surface area contributed by atoms with Gasteiger partial charge in [0.1, 0.15) is 6.54 Å². The number of nitrogens with two attached hydrogens (primary N) is 1. The molecule has 140 valence electrons. The minimum Gasteiger partial charge on any atom is -0.342 e. The molecule has 0 fully saturated rings. The Kier molecular flexibility index (Phi) is 5.66.